The van der Waals surface area contributed by atoms with E-state index >= 15 is 0 Å². The maximum atomic E-state index is 12.5. The Morgan fingerprint density at radius 3 is 2.72 bits per heavy atom. The average Bonchev–Trinajstić information content (AvgIpc) is 2.99. The molecule has 25 heavy (non-hydrogen) atoms. The molecule has 1 unspecified atom stereocenters. The van der Waals surface area contributed by atoms with Crippen molar-refractivity contribution in [3.8, 4) is 0 Å². The van der Waals surface area contributed by atoms with Gasteiger partial charge in [-0.15, -0.1) is 0 Å². The molecule has 2 aliphatic carbocycles. The highest BCUT2D eigenvalue weighted by Gasteiger charge is 2.26. The fourth-order valence-corrected chi connectivity index (χ4v) is 4.39. The molecule has 1 atom stereocenters. The van der Waals surface area contributed by atoms with Crippen molar-refractivity contribution in [2.75, 3.05) is 19.4 Å². The first kappa shape index (κ1) is 16.6. The quantitative estimate of drug-likeness (QED) is 0.902. The topological polar surface area (TPSA) is 45.5 Å². The van der Waals surface area contributed by atoms with Crippen LogP contribution in [-0.2, 0) is 17.6 Å². The first-order valence-corrected chi connectivity index (χ1v) is 9.63. The molecule has 1 N–H and O–H groups in total. The number of furan rings is 1. The van der Waals surface area contributed by atoms with E-state index < -0.39 is 0 Å². The Kier molecular flexibility index (Phi) is 4.55. The Morgan fingerprint density at radius 2 is 1.96 bits per heavy atom. The number of aryl methyl sites for hydroxylation is 1. The zero-order valence-electron chi connectivity index (χ0n) is 15.3. The third-order valence-electron chi connectivity index (χ3n) is 5.99. The second kappa shape index (κ2) is 6.83. The lowest BCUT2D eigenvalue weighted by molar-refractivity contribution is -0.120. The smallest absolute Gasteiger partial charge is 0.227 e. The lowest BCUT2D eigenvalue weighted by atomic mass is 9.88. The van der Waals surface area contributed by atoms with Crippen LogP contribution < -0.4 is 5.32 Å². The maximum absolute atomic E-state index is 12.5. The summed E-state index contributed by atoms with van der Waals surface area (Å²) in [7, 11) is 4.29. The molecule has 0 radical (unpaired) electrons. The van der Waals surface area contributed by atoms with E-state index in [9.17, 15) is 4.79 Å². The Bertz CT molecular complexity index is 772. The molecule has 2 aliphatic rings. The second-order valence-corrected chi connectivity index (χ2v) is 7.90. The highest BCUT2D eigenvalue weighted by Crippen LogP contribution is 2.35. The molecule has 134 valence electrons. The third kappa shape index (κ3) is 3.32. The van der Waals surface area contributed by atoms with Gasteiger partial charge in [-0.2, -0.15) is 0 Å². The number of amides is 1. The van der Waals surface area contributed by atoms with Gasteiger partial charge in [0.1, 0.15) is 11.3 Å². The van der Waals surface area contributed by atoms with E-state index in [4.69, 9.17) is 4.42 Å². The van der Waals surface area contributed by atoms with Crippen molar-refractivity contribution in [2.24, 2.45) is 5.92 Å². The first-order valence-electron chi connectivity index (χ1n) is 9.63. The van der Waals surface area contributed by atoms with E-state index in [0.29, 0.717) is 6.04 Å². The van der Waals surface area contributed by atoms with Crippen molar-refractivity contribution in [3.05, 3.63) is 29.5 Å². The molecule has 0 aliphatic heterocycles. The standard InChI is InChI=1S/C21H28N2O2/c1-23(2)16-9-11-20-18(13-16)17-12-15(8-10-19(17)25-20)22-21(24)14-6-4-3-5-7-14/h8,10,12,14,16H,3-7,9,11,13H2,1-2H3,(H,22,24). The van der Waals surface area contributed by atoms with Gasteiger partial charge in [0, 0.05) is 35.0 Å². The van der Waals surface area contributed by atoms with E-state index in [2.05, 4.69) is 30.4 Å². The molecule has 2 aromatic rings. The number of anilines is 1. The van der Waals surface area contributed by atoms with Gasteiger partial charge in [-0.3, -0.25) is 4.79 Å². The number of benzene rings is 1. The number of carbonyl (C=O) groups excluding carboxylic acids is 1. The van der Waals surface area contributed by atoms with Crippen LogP contribution in [0.4, 0.5) is 5.69 Å². The van der Waals surface area contributed by atoms with Crippen LogP contribution >= 0.6 is 0 Å². The Morgan fingerprint density at radius 1 is 1.16 bits per heavy atom. The lowest BCUT2D eigenvalue weighted by Gasteiger charge is -2.27. The van der Waals surface area contributed by atoms with Crippen LogP contribution in [0.15, 0.2) is 22.6 Å². The minimum atomic E-state index is 0.181. The Labute approximate surface area is 149 Å². The maximum Gasteiger partial charge on any atom is 0.227 e. The molecule has 0 spiro atoms. The molecular formula is C21H28N2O2. The largest absolute Gasteiger partial charge is 0.461 e. The molecule has 1 heterocycles. The third-order valence-corrected chi connectivity index (χ3v) is 5.99. The van der Waals surface area contributed by atoms with Gasteiger partial charge < -0.3 is 14.6 Å². The summed E-state index contributed by atoms with van der Waals surface area (Å²) in [6.07, 6.45) is 8.84. The molecule has 0 saturated heterocycles. The van der Waals surface area contributed by atoms with Gasteiger partial charge in [0.2, 0.25) is 5.91 Å². The van der Waals surface area contributed by atoms with Gasteiger partial charge in [-0.1, -0.05) is 19.3 Å². The monoisotopic (exact) mass is 340 g/mol. The number of nitrogens with one attached hydrogen (secondary N) is 1. The predicted octanol–water partition coefficient (Wildman–Crippen LogP) is 4.37. The molecule has 4 nitrogen and oxygen atoms in total. The second-order valence-electron chi connectivity index (χ2n) is 7.90. The zero-order chi connectivity index (χ0) is 17.4. The van der Waals surface area contributed by atoms with E-state index in [-0.39, 0.29) is 11.8 Å². The van der Waals surface area contributed by atoms with Crippen molar-refractivity contribution in [1.82, 2.24) is 4.90 Å². The molecule has 1 amide bonds. The number of rotatable bonds is 3. The van der Waals surface area contributed by atoms with E-state index in [1.54, 1.807) is 0 Å². The van der Waals surface area contributed by atoms with Gasteiger partial charge in [0.05, 0.1) is 0 Å². The predicted molar refractivity (Wildman–Crippen MR) is 101 cm³/mol. The molecule has 1 aromatic heterocycles. The van der Waals surface area contributed by atoms with Crippen molar-refractivity contribution in [2.45, 2.75) is 57.4 Å². The summed E-state index contributed by atoms with van der Waals surface area (Å²) in [4.78, 5) is 14.8. The molecule has 4 heteroatoms. The van der Waals surface area contributed by atoms with Crippen LogP contribution in [0.2, 0.25) is 0 Å². The normalized spacial score (nSPS) is 21.5. The van der Waals surface area contributed by atoms with E-state index in [1.165, 1.54) is 30.2 Å². The minimum absolute atomic E-state index is 0.181. The minimum Gasteiger partial charge on any atom is -0.461 e. The van der Waals surface area contributed by atoms with Gasteiger partial charge in [-0.25, -0.2) is 0 Å². The Balaban J connectivity index is 1.57. The molecule has 1 saturated carbocycles. The van der Waals surface area contributed by atoms with Crippen molar-refractivity contribution < 1.29 is 9.21 Å². The van der Waals surface area contributed by atoms with Crippen LogP contribution in [-0.4, -0.2) is 30.9 Å². The molecule has 1 aromatic carbocycles. The summed E-state index contributed by atoms with van der Waals surface area (Å²) in [5.41, 5.74) is 3.17. The number of hydrogen-bond donors (Lipinski definition) is 1. The number of likely N-dealkylation sites (N-methyl/N-ethyl adjacent to an activating group) is 1. The number of nitrogens with zero attached hydrogens (tertiary/aromatic N) is 1. The Hall–Kier alpha value is -1.81. The molecular weight excluding hydrogens is 312 g/mol. The highest BCUT2D eigenvalue weighted by molar-refractivity contribution is 5.95. The first-order chi connectivity index (χ1) is 12.1. The van der Waals surface area contributed by atoms with Gasteiger partial charge in [-0.05, 0) is 58.0 Å². The van der Waals surface area contributed by atoms with Crippen LogP contribution in [0, 0.1) is 5.92 Å². The molecule has 1 fully saturated rings. The fourth-order valence-electron chi connectivity index (χ4n) is 4.39. The van der Waals surface area contributed by atoms with E-state index in [0.717, 1.165) is 49.1 Å². The summed E-state index contributed by atoms with van der Waals surface area (Å²) >= 11 is 0. The van der Waals surface area contributed by atoms with Crippen LogP contribution in [0.5, 0.6) is 0 Å². The number of carbonyl (C=O) groups is 1. The summed E-state index contributed by atoms with van der Waals surface area (Å²) < 4.78 is 6.06. The summed E-state index contributed by atoms with van der Waals surface area (Å²) in [5, 5.41) is 4.31. The van der Waals surface area contributed by atoms with Crippen molar-refractivity contribution in [1.29, 1.82) is 0 Å². The lowest BCUT2D eigenvalue weighted by Crippen LogP contribution is -2.33. The zero-order valence-corrected chi connectivity index (χ0v) is 15.3. The number of fused-ring (bicyclic) bond motifs is 3. The molecule has 4 rings (SSSR count). The molecule has 0 bridgehead atoms. The fraction of sp³-hybridized carbons (Fsp3) is 0.571. The van der Waals surface area contributed by atoms with Crippen LogP contribution in [0.3, 0.4) is 0 Å². The summed E-state index contributed by atoms with van der Waals surface area (Å²) in [6, 6.07) is 6.65. The van der Waals surface area contributed by atoms with Crippen molar-refractivity contribution in [3.63, 3.8) is 0 Å². The summed E-state index contributed by atoms with van der Waals surface area (Å²) in [5.74, 6) is 1.49. The van der Waals surface area contributed by atoms with E-state index in [1.807, 2.05) is 12.1 Å². The summed E-state index contributed by atoms with van der Waals surface area (Å²) in [6.45, 7) is 0. The highest BCUT2D eigenvalue weighted by atomic mass is 16.3. The van der Waals surface area contributed by atoms with Gasteiger partial charge >= 0.3 is 0 Å². The van der Waals surface area contributed by atoms with Crippen LogP contribution in [0.25, 0.3) is 11.0 Å². The average molecular weight is 340 g/mol. The SMILES string of the molecule is CN(C)C1CCc2oc3ccc(NC(=O)C4CCCCC4)cc3c2C1. The van der Waals surface area contributed by atoms with Crippen molar-refractivity contribution >= 4 is 22.6 Å². The van der Waals surface area contributed by atoms with Gasteiger partial charge in [0.25, 0.3) is 0 Å². The van der Waals surface area contributed by atoms with Crippen LogP contribution in [0.1, 0.15) is 49.8 Å². The number of hydrogen-bond acceptors (Lipinski definition) is 3. The van der Waals surface area contributed by atoms with Gasteiger partial charge in [0.15, 0.2) is 0 Å².